The number of esters is 1. The molecule has 0 aromatic heterocycles. The van der Waals surface area contributed by atoms with Gasteiger partial charge in [-0.1, -0.05) is 38.1 Å². The minimum atomic E-state index is -0.269. The number of rotatable bonds is 7. The second-order valence-electron chi connectivity index (χ2n) is 11.8. The largest absolute Gasteiger partial charge is 0.497 e. The minimum absolute atomic E-state index is 0.00167. The minimum Gasteiger partial charge on any atom is -0.497 e. The van der Waals surface area contributed by atoms with Crippen LogP contribution in [0.1, 0.15) is 61.8 Å². The third-order valence-electron chi connectivity index (χ3n) is 9.11. The number of carbonyl (C=O) groups is 1. The summed E-state index contributed by atoms with van der Waals surface area (Å²) in [6, 6.07) is 17.3. The van der Waals surface area contributed by atoms with E-state index in [1.165, 1.54) is 29.9 Å². The quantitative estimate of drug-likeness (QED) is 0.297. The molecule has 0 bridgehead atoms. The summed E-state index contributed by atoms with van der Waals surface area (Å²) < 4.78 is 31.8. The normalized spacial score (nSPS) is 22.4. The molecule has 0 aliphatic heterocycles. The molecule has 4 nitrogen and oxygen atoms in total. The molecule has 0 radical (unpaired) electrons. The number of benzene rings is 3. The maximum Gasteiger partial charge on any atom is 0.309 e. The van der Waals surface area contributed by atoms with Gasteiger partial charge >= 0.3 is 5.97 Å². The van der Waals surface area contributed by atoms with Crippen LogP contribution in [-0.2, 0) is 28.0 Å². The number of halogens is 1. The number of methoxy groups -OCH3 is 2. The third-order valence-corrected chi connectivity index (χ3v) is 9.11. The monoisotopic (exact) mass is 526 g/mol. The molecule has 1 fully saturated rings. The molecule has 0 saturated heterocycles. The molecule has 3 aromatic carbocycles. The van der Waals surface area contributed by atoms with Crippen LogP contribution in [0.15, 0.2) is 60.7 Å². The number of ether oxygens (including phenoxy) is 3. The summed E-state index contributed by atoms with van der Waals surface area (Å²) in [5.41, 5.74) is 7.15. The Labute approximate surface area is 229 Å². The van der Waals surface area contributed by atoms with Crippen LogP contribution in [0.3, 0.4) is 0 Å². The summed E-state index contributed by atoms with van der Waals surface area (Å²) in [5, 5.41) is 0. The van der Waals surface area contributed by atoms with Gasteiger partial charge in [-0.3, -0.25) is 4.79 Å². The van der Waals surface area contributed by atoms with Gasteiger partial charge in [0.15, 0.2) is 0 Å². The smallest absolute Gasteiger partial charge is 0.309 e. The predicted octanol–water partition coefficient (Wildman–Crippen LogP) is 7.66. The van der Waals surface area contributed by atoms with E-state index in [0.29, 0.717) is 17.9 Å². The van der Waals surface area contributed by atoms with Gasteiger partial charge in [0.1, 0.15) is 23.9 Å². The summed E-state index contributed by atoms with van der Waals surface area (Å²) in [4.78, 5) is 12.2. The average Bonchev–Trinajstić information content (AvgIpc) is 3.41. The van der Waals surface area contributed by atoms with Gasteiger partial charge in [-0.25, -0.2) is 4.39 Å². The van der Waals surface area contributed by atoms with E-state index >= 15 is 4.39 Å². The maximum atomic E-state index is 15.1. The molecule has 2 unspecified atom stereocenters. The summed E-state index contributed by atoms with van der Waals surface area (Å²) >= 11 is 0. The lowest BCUT2D eigenvalue weighted by molar-refractivity contribution is -0.142. The Morgan fingerprint density at radius 1 is 0.949 bits per heavy atom. The first-order valence-electron chi connectivity index (χ1n) is 13.8. The van der Waals surface area contributed by atoms with Gasteiger partial charge in [0.05, 0.1) is 20.1 Å². The highest BCUT2D eigenvalue weighted by molar-refractivity contribution is 5.85. The predicted molar refractivity (Wildman–Crippen MR) is 150 cm³/mol. The van der Waals surface area contributed by atoms with Crippen molar-refractivity contribution in [3.63, 3.8) is 0 Å². The lowest BCUT2D eigenvalue weighted by atomic mass is 9.79. The van der Waals surface area contributed by atoms with Gasteiger partial charge in [0.25, 0.3) is 0 Å². The van der Waals surface area contributed by atoms with Gasteiger partial charge in [-0.2, -0.15) is 0 Å². The highest BCUT2D eigenvalue weighted by atomic mass is 19.1. The zero-order valence-corrected chi connectivity index (χ0v) is 23.1. The lowest BCUT2D eigenvalue weighted by Gasteiger charge is -2.25. The Morgan fingerprint density at radius 3 is 2.51 bits per heavy atom. The van der Waals surface area contributed by atoms with E-state index in [2.05, 4.69) is 38.1 Å². The van der Waals surface area contributed by atoms with Crippen molar-refractivity contribution in [2.45, 2.75) is 58.0 Å². The van der Waals surface area contributed by atoms with E-state index in [-0.39, 0.29) is 28.5 Å². The third kappa shape index (κ3) is 4.42. The van der Waals surface area contributed by atoms with Crippen LogP contribution in [0.2, 0.25) is 0 Å². The maximum absolute atomic E-state index is 15.1. The highest BCUT2D eigenvalue weighted by Crippen LogP contribution is 2.62. The molecule has 2 atom stereocenters. The van der Waals surface area contributed by atoms with Crippen molar-refractivity contribution in [3.8, 4) is 22.6 Å². The molecule has 5 heteroatoms. The Kier molecular flexibility index (Phi) is 6.28. The van der Waals surface area contributed by atoms with Crippen LogP contribution < -0.4 is 9.47 Å². The fraction of sp³-hybridized carbons (Fsp3) is 0.382. The lowest BCUT2D eigenvalue weighted by Crippen LogP contribution is -2.13. The van der Waals surface area contributed by atoms with Crippen molar-refractivity contribution >= 4 is 11.5 Å². The SMILES string of the molecule is COC(=O)C1CC12CCc1ccc(OCc3ccc(-c4cc(OC)ccc4F)c(C4=CCCC4(C)C)c3)cc12. The zero-order chi connectivity index (χ0) is 27.4. The number of aryl methyl sites for hydroxylation is 1. The molecule has 0 amide bonds. The van der Waals surface area contributed by atoms with Crippen LogP contribution in [0, 0.1) is 17.2 Å². The van der Waals surface area contributed by atoms with Gasteiger partial charge in [-0.15, -0.1) is 0 Å². The summed E-state index contributed by atoms with van der Waals surface area (Å²) in [5.74, 6) is 1.00. The van der Waals surface area contributed by atoms with E-state index in [9.17, 15) is 4.79 Å². The molecule has 0 N–H and O–H groups in total. The molecule has 1 saturated carbocycles. The molecule has 6 rings (SSSR count). The first-order valence-corrected chi connectivity index (χ1v) is 13.8. The van der Waals surface area contributed by atoms with Crippen LogP contribution in [-0.4, -0.2) is 20.2 Å². The summed E-state index contributed by atoms with van der Waals surface area (Å²) in [6.45, 7) is 4.90. The van der Waals surface area contributed by atoms with Crippen LogP contribution >= 0.6 is 0 Å². The second-order valence-corrected chi connectivity index (χ2v) is 11.8. The molecule has 3 aliphatic rings. The van der Waals surface area contributed by atoms with Crippen LogP contribution in [0.25, 0.3) is 16.7 Å². The van der Waals surface area contributed by atoms with Crippen molar-refractivity contribution in [3.05, 3.63) is 88.7 Å². The molecule has 202 valence electrons. The van der Waals surface area contributed by atoms with E-state index in [0.717, 1.165) is 54.5 Å². The van der Waals surface area contributed by atoms with Crippen LogP contribution in [0.4, 0.5) is 4.39 Å². The van der Waals surface area contributed by atoms with Gasteiger partial charge in [0.2, 0.25) is 0 Å². The number of hydrogen-bond donors (Lipinski definition) is 0. The van der Waals surface area contributed by atoms with Crippen molar-refractivity contribution in [2.24, 2.45) is 11.3 Å². The molecule has 3 aromatic rings. The van der Waals surface area contributed by atoms with E-state index in [4.69, 9.17) is 14.2 Å². The number of allylic oxidation sites excluding steroid dienone is 2. The Hall–Kier alpha value is -3.60. The molecule has 1 spiro atoms. The average molecular weight is 527 g/mol. The van der Waals surface area contributed by atoms with Crippen molar-refractivity contribution in [2.75, 3.05) is 14.2 Å². The molecular formula is C34H35FO4. The van der Waals surface area contributed by atoms with E-state index < -0.39 is 0 Å². The van der Waals surface area contributed by atoms with Crippen molar-refractivity contribution < 1.29 is 23.4 Å². The highest BCUT2D eigenvalue weighted by Gasteiger charge is 2.62. The number of hydrogen-bond acceptors (Lipinski definition) is 4. The first-order chi connectivity index (χ1) is 18.8. The molecule has 3 aliphatic carbocycles. The standard InChI is InChI=1S/C34H35FO4/c1-33(2)14-5-6-28(33)26-16-21(7-11-25(26)27-17-23(37-3)10-12-31(27)35)20-39-24-9-8-22-13-15-34(29(22)18-24)19-30(34)32(36)38-4/h6-12,16-18,30H,5,13-15,19-20H2,1-4H3. The number of carbonyl (C=O) groups excluding carboxylic acids is 1. The fourth-order valence-electron chi connectivity index (χ4n) is 6.76. The Balaban J connectivity index is 1.30. The molecule has 39 heavy (non-hydrogen) atoms. The van der Waals surface area contributed by atoms with Gasteiger partial charge in [0, 0.05) is 11.0 Å². The molecule has 0 heterocycles. The summed E-state index contributed by atoms with van der Waals surface area (Å²) in [6.07, 6.45) is 7.18. The Morgan fingerprint density at radius 2 is 1.77 bits per heavy atom. The first kappa shape index (κ1) is 25.7. The van der Waals surface area contributed by atoms with E-state index in [1.54, 1.807) is 19.2 Å². The fourth-order valence-corrected chi connectivity index (χ4v) is 6.76. The second kappa shape index (κ2) is 9.55. The van der Waals surface area contributed by atoms with Gasteiger partial charge < -0.3 is 14.2 Å². The molecular weight excluding hydrogens is 491 g/mol. The summed E-state index contributed by atoms with van der Waals surface area (Å²) in [7, 11) is 3.06. The van der Waals surface area contributed by atoms with Crippen molar-refractivity contribution in [1.82, 2.24) is 0 Å². The topological polar surface area (TPSA) is 44.8 Å². The Bertz CT molecular complexity index is 1490. The van der Waals surface area contributed by atoms with E-state index in [1.807, 2.05) is 18.2 Å². The van der Waals surface area contributed by atoms with Gasteiger partial charge in [-0.05, 0) is 107 Å². The zero-order valence-electron chi connectivity index (χ0n) is 23.1. The van der Waals surface area contributed by atoms with Crippen molar-refractivity contribution in [1.29, 1.82) is 0 Å². The van der Waals surface area contributed by atoms with Crippen LogP contribution in [0.5, 0.6) is 11.5 Å². The number of fused-ring (bicyclic) bond motifs is 2.